The number of halogens is 1. The van der Waals surface area contributed by atoms with Crippen molar-refractivity contribution in [1.82, 2.24) is 0 Å². The van der Waals surface area contributed by atoms with E-state index in [0.717, 1.165) is 6.42 Å². The fraction of sp³-hybridized carbons (Fsp3) is 0.765. The Morgan fingerprint density at radius 2 is 1.22 bits per heavy atom. The minimum absolute atomic E-state index is 1.13. The average molecular weight is 362 g/mol. The molecule has 0 nitrogen and oxygen atoms in total. The molecule has 0 N–H and O–H groups in total. The highest BCUT2D eigenvalue weighted by molar-refractivity contribution is 14.1. The van der Waals surface area contributed by atoms with E-state index in [-0.39, 0.29) is 0 Å². The topological polar surface area (TPSA) is 0 Å². The summed E-state index contributed by atoms with van der Waals surface area (Å²) in [6.45, 7) is 2.26. The standard InChI is InChI=1S/C17H31I/c1-2-3-4-5-6-7-8-9-10-11-12-13-14-15-16-17-18/h6-7,9-10H,2-5,8,11-17H2,1H3/b7-6-,10-9-. The van der Waals surface area contributed by atoms with Crippen LogP contribution < -0.4 is 0 Å². The minimum atomic E-state index is 1.13. The van der Waals surface area contributed by atoms with E-state index in [1.807, 2.05) is 0 Å². The first-order valence-electron chi connectivity index (χ1n) is 7.77. The van der Waals surface area contributed by atoms with E-state index >= 15 is 0 Å². The van der Waals surface area contributed by atoms with E-state index in [2.05, 4.69) is 53.8 Å². The van der Waals surface area contributed by atoms with Crippen molar-refractivity contribution in [3.63, 3.8) is 0 Å². The lowest BCUT2D eigenvalue weighted by Gasteiger charge is -1.97. The summed E-state index contributed by atoms with van der Waals surface area (Å²) in [6.07, 6.45) is 24.1. The Morgan fingerprint density at radius 3 is 1.83 bits per heavy atom. The predicted molar refractivity (Wildman–Crippen MR) is 93.6 cm³/mol. The highest BCUT2D eigenvalue weighted by Crippen LogP contribution is 2.07. The van der Waals surface area contributed by atoms with Gasteiger partial charge in [-0.3, -0.25) is 0 Å². The van der Waals surface area contributed by atoms with Crippen molar-refractivity contribution in [1.29, 1.82) is 0 Å². The summed E-state index contributed by atoms with van der Waals surface area (Å²) in [7, 11) is 0. The third-order valence-corrected chi connectivity index (χ3v) is 3.85. The summed E-state index contributed by atoms with van der Waals surface area (Å²) >= 11 is 2.47. The Kier molecular flexibility index (Phi) is 17.4. The molecule has 0 spiro atoms. The summed E-state index contributed by atoms with van der Waals surface area (Å²) in [5.74, 6) is 0. The first-order valence-corrected chi connectivity index (χ1v) is 9.30. The maximum Gasteiger partial charge on any atom is -0.000473 e. The van der Waals surface area contributed by atoms with Gasteiger partial charge in [0, 0.05) is 0 Å². The first kappa shape index (κ1) is 18.2. The highest BCUT2D eigenvalue weighted by Gasteiger charge is 1.88. The van der Waals surface area contributed by atoms with Crippen molar-refractivity contribution >= 4 is 22.6 Å². The van der Waals surface area contributed by atoms with Crippen LogP contribution in [-0.2, 0) is 0 Å². The van der Waals surface area contributed by atoms with Gasteiger partial charge in [0.2, 0.25) is 0 Å². The van der Waals surface area contributed by atoms with Crippen LogP contribution in [0, 0.1) is 0 Å². The van der Waals surface area contributed by atoms with Gasteiger partial charge in [0.25, 0.3) is 0 Å². The Morgan fingerprint density at radius 1 is 0.667 bits per heavy atom. The summed E-state index contributed by atoms with van der Waals surface area (Å²) in [5.41, 5.74) is 0. The molecule has 0 aliphatic rings. The van der Waals surface area contributed by atoms with Crippen molar-refractivity contribution < 1.29 is 0 Å². The van der Waals surface area contributed by atoms with Gasteiger partial charge in [-0.15, -0.1) is 0 Å². The predicted octanol–water partition coefficient (Wildman–Crippen LogP) is 6.84. The molecule has 0 unspecified atom stereocenters. The molecule has 0 radical (unpaired) electrons. The largest absolute Gasteiger partial charge is 0.0882 e. The zero-order valence-corrected chi connectivity index (χ0v) is 14.3. The third-order valence-electron chi connectivity index (χ3n) is 3.08. The van der Waals surface area contributed by atoms with Crippen LogP contribution in [0.1, 0.15) is 77.6 Å². The van der Waals surface area contributed by atoms with Gasteiger partial charge in [0.05, 0.1) is 0 Å². The molecule has 0 rings (SSSR count). The number of unbranched alkanes of at least 4 members (excludes halogenated alkanes) is 8. The van der Waals surface area contributed by atoms with Crippen LogP contribution in [0.4, 0.5) is 0 Å². The van der Waals surface area contributed by atoms with Crippen LogP contribution in [0.5, 0.6) is 0 Å². The van der Waals surface area contributed by atoms with E-state index in [0.29, 0.717) is 0 Å². The van der Waals surface area contributed by atoms with Crippen molar-refractivity contribution in [2.75, 3.05) is 4.43 Å². The van der Waals surface area contributed by atoms with Gasteiger partial charge in [0.15, 0.2) is 0 Å². The van der Waals surface area contributed by atoms with E-state index in [4.69, 9.17) is 0 Å². The van der Waals surface area contributed by atoms with Crippen LogP contribution in [0.3, 0.4) is 0 Å². The lowest BCUT2D eigenvalue weighted by Crippen LogP contribution is -1.78. The van der Waals surface area contributed by atoms with Crippen molar-refractivity contribution in [2.45, 2.75) is 77.6 Å². The van der Waals surface area contributed by atoms with Crippen molar-refractivity contribution in [3.05, 3.63) is 24.3 Å². The molecule has 0 bridgehead atoms. The van der Waals surface area contributed by atoms with Crippen molar-refractivity contribution in [3.8, 4) is 0 Å². The monoisotopic (exact) mass is 362 g/mol. The van der Waals surface area contributed by atoms with Gasteiger partial charge in [0.1, 0.15) is 0 Å². The molecule has 0 aromatic heterocycles. The molecule has 1 heteroatoms. The summed E-state index contributed by atoms with van der Waals surface area (Å²) in [4.78, 5) is 0. The molecule has 0 aromatic rings. The fourth-order valence-electron chi connectivity index (χ4n) is 1.91. The maximum absolute atomic E-state index is 2.47. The lowest BCUT2D eigenvalue weighted by molar-refractivity contribution is 0.642. The summed E-state index contributed by atoms with van der Waals surface area (Å²) in [5, 5.41) is 0. The Hall–Kier alpha value is 0.210. The fourth-order valence-corrected chi connectivity index (χ4v) is 2.45. The highest BCUT2D eigenvalue weighted by atomic mass is 127. The maximum atomic E-state index is 2.47. The normalized spacial score (nSPS) is 11.9. The molecule has 0 aliphatic heterocycles. The SMILES string of the molecule is CCCCC/C=C\C/C=C\CCCCCCCI. The second-order valence-electron chi connectivity index (χ2n) is 4.92. The van der Waals surface area contributed by atoms with Gasteiger partial charge in [-0.2, -0.15) is 0 Å². The third kappa shape index (κ3) is 16.2. The van der Waals surface area contributed by atoms with Gasteiger partial charge in [-0.25, -0.2) is 0 Å². The number of hydrogen-bond acceptors (Lipinski definition) is 0. The summed E-state index contributed by atoms with van der Waals surface area (Å²) < 4.78 is 1.32. The quantitative estimate of drug-likeness (QED) is 0.146. The molecule has 0 heterocycles. The van der Waals surface area contributed by atoms with Gasteiger partial charge in [-0.05, 0) is 43.0 Å². The zero-order chi connectivity index (χ0) is 13.3. The Bertz CT molecular complexity index is 194. The molecule has 0 aliphatic carbocycles. The molecular weight excluding hydrogens is 331 g/mol. The number of rotatable bonds is 13. The molecule has 0 amide bonds. The van der Waals surface area contributed by atoms with E-state index in [9.17, 15) is 0 Å². The van der Waals surface area contributed by atoms with Crippen LogP contribution in [0.25, 0.3) is 0 Å². The van der Waals surface area contributed by atoms with Crippen LogP contribution in [0.2, 0.25) is 0 Å². The zero-order valence-electron chi connectivity index (χ0n) is 12.2. The number of alkyl halides is 1. The molecule has 18 heavy (non-hydrogen) atoms. The lowest BCUT2D eigenvalue weighted by atomic mass is 10.1. The van der Waals surface area contributed by atoms with E-state index in [1.165, 1.54) is 68.6 Å². The first-order chi connectivity index (χ1) is 8.91. The molecule has 106 valence electrons. The molecule has 0 atom stereocenters. The number of allylic oxidation sites excluding steroid dienone is 4. The molecule has 0 aromatic carbocycles. The molecule has 0 fully saturated rings. The Labute approximate surface area is 128 Å². The van der Waals surface area contributed by atoms with Gasteiger partial charge < -0.3 is 0 Å². The average Bonchev–Trinajstić information content (AvgIpc) is 2.39. The molecule has 0 saturated heterocycles. The molecule has 0 saturated carbocycles. The number of hydrogen-bond donors (Lipinski definition) is 0. The molecular formula is C17H31I. The second-order valence-corrected chi connectivity index (χ2v) is 6.00. The van der Waals surface area contributed by atoms with Crippen LogP contribution in [-0.4, -0.2) is 4.43 Å². The van der Waals surface area contributed by atoms with Crippen LogP contribution >= 0.6 is 22.6 Å². The smallest absolute Gasteiger partial charge is 0.000473 e. The minimum Gasteiger partial charge on any atom is -0.0882 e. The Balaban J connectivity index is 3.13. The second kappa shape index (κ2) is 17.2. The van der Waals surface area contributed by atoms with E-state index < -0.39 is 0 Å². The van der Waals surface area contributed by atoms with Crippen molar-refractivity contribution in [2.24, 2.45) is 0 Å². The van der Waals surface area contributed by atoms with Gasteiger partial charge in [-0.1, -0.05) is 85.9 Å². The van der Waals surface area contributed by atoms with E-state index in [1.54, 1.807) is 0 Å². The summed E-state index contributed by atoms with van der Waals surface area (Å²) in [6, 6.07) is 0. The van der Waals surface area contributed by atoms with Gasteiger partial charge >= 0.3 is 0 Å². The van der Waals surface area contributed by atoms with Crippen LogP contribution in [0.15, 0.2) is 24.3 Å².